The summed E-state index contributed by atoms with van der Waals surface area (Å²) in [4.78, 5) is 3.77. The van der Waals surface area contributed by atoms with Crippen molar-refractivity contribution >= 4 is 11.6 Å². The van der Waals surface area contributed by atoms with Gasteiger partial charge in [0.1, 0.15) is 16.8 Å². The Kier molecular flexibility index (Phi) is 2.64. The van der Waals surface area contributed by atoms with Crippen LogP contribution in [0.15, 0.2) is 36.5 Å². The molecule has 1 heterocycles. The van der Waals surface area contributed by atoms with Crippen LogP contribution in [0.1, 0.15) is 0 Å². The Labute approximate surface area is 90.3 Å². The molecule has 0 spiro atoms. The lowest BCUT2D eigenvalue weighted by Crippen LogP contribution is -1.87. The second kappa shape index (κ2) is 3.95. The third-order valence-electron chi connectivity index (χ3n) is 1.97. The lowest BCUT2D eigenvalue weighted by atomic mass is 10.1. The van der Waals surface area contributed by atoms with E-state index < -0.39 is 11.6 Å². The van der Waals surface area contributed by atoms with Crippen molar-refractivity contribution in [2.75, 3.05) is 0 Å². The van der Waals surface area contributed by atoms with Gasteiger partial charge in [0.05, 0.1) is 0 Å². The van der Waals surface area contributed by atoms with Crippen LogP contribution in [-0.2, 0) is 0 Å². The zero-order valence-corrected chi connectivity index (χ0v) is 8.30. The summed E-state index contributed by atoms with van der Waals surface area (Å²) < 4.78 is 26.3. The third kappa shape index (κ3) is 2.13. The molecule has 0 aliphatic heterocycles. The van der Waals surface area contributed by atoms with Gasteiger partial charge in [0.15, 0.2) is 0 Å². The third-order valence-corrected chi connectivity index (χ3v) is 2.17. The van der Waals surface area contributed by atoms with E-state index in [0.29, 0.717) is 5.56 Å². The van der Waals surface area contributed by atoms with Crippen LogP contribution < -0.4 is 0 Å². The van der Waals surface area contributed by atoms with E-state index >= 15 is 0 Å². The van der Waals surface area contributed by atoms with E-state index in [0.717, 1.165) is 18.2 Å². The maximum atomic E-state index is 13.4. The van der Waals surface area contributed by atoms with Crippen molar-refractivity contribution in [3.05, 3.63) is 53.3 Å². The summed E-state index contributed by atoms with van der Waals surface area (Å²) in [6.45, 7) is 0. The Morgan fingerprint density at radius 3 is 2.60 bits per heavy atom. The first-order valence-electron chi connectivity index (χ1n) is 4.24. The largest absolute Gasteiger partial charge is 0.245 e. The van der Waals surface area contributed by atoms with E-state index in [4.69, 9.17) is 11.6 Å². The molecule has 1 nitrogen and oxygen atoms in total. The topological polar surface area (TPSA) is 12.9 Å². The average molecular weight is 226 g/mol. The summed E-state index contributed by atoms with van der Waals surface area (Å²) in [5, 5.41) is 0.246. The summed E-state index contributed by atoms with van der Waals surface area (Å²) >= 11 is 5.66. The van der Waals surface area contributed by atoms with Crippen LogP contribution in [0, 0.1) is 11.6 Å². The van der Waals surface area contributed by atoms with Gasteiger partial charge in [-0.05, 0) is 35.9 Å². The van der Waals surface area contributed by atoms with E-state index in [9.17, 15) is 8.78 Å². The van der Waals surface area contributed by atoms with Gasteiger partial charge in [-0.1, -0.05) is 11.6 Å². The van der Waals surface area contributed by atoms with Gasteiger partial charge >= 0.3 is 0 Å². The number of rotatable bonds is 1. The van der Waals surface area contributed by atoms with E-state index in [-0.39, 0.29) is 10.7 Å². The minimum Gasteiger partial charge on any atom is -0.245 e. The number of hydrogen-bond donors (Lipinski definition) is 0. The van der Waals surface area contributed by atoms with Crippen molar-refractivity contribution < 1.29 is 8.78 Å². The molecule has 1 aromatic carbocycles. The fourth-order valence-corrected chi connectivity index (χ4v) is 1.46. The summed E-state index contributed by atoms with van der Waals surface area (Å²) in [6, 6.07) is 6.34. The van der Waals surface area contributed by atoms with Crippen molar-refractivity contribution in [2.45, 2.75) is 0 Å². The van der Waals surface area contributed by atoms with E-state index in [1.165, 1.54) is 12.3 Å². The van der Waals surface area contributed by atoms with Gasteiger partial charge in [-0.15, -0.1) is 0 Å². The summed E-state index contributed by atoms with van der Waals surface area (Å²) in [5.41, 5.74) is 0.686. The molecule has 0 aliphatic carbocycles. The Morgan fingerprint density at radius 1 is 1.07 bits per heavy atom. The first-order chi connectivity index (χ1) is 7.16. The number of pyridine rings is 1. The van der Waals surface area contributed by atoms with Gasteiger partial charge < -0.3 is 0 Å². The molecule has 0 radical (unpaired) electrons. The van der Waals surface area contributed by atoms with Crippen LogP contribution >= 0.6 is 11.6 Å². The van der Waals surface area contributed by atoms with Crippen LogP contribution in [0.4, 0.5) is 8.78 Å². The van der Waals surface area contributed by atoms with Crippen LogP contribution in [0.3, 0.4) is 0 Å². The molecule has 76 valence electrons. The smallest absolute Gasteiger partial charge is 0.131 e. The summed E-state index contributed by atoms with van der Waals surface area (Å²) in [6.07, 6.45) is 1.45. The number of benzene rings is 1. The number of hydrogen-bond acceptors (Lipinski definition) is 1. The highest BCUT2D eigenvalue weighted by molar-refractivity contribution is 6.29. The van der Waals surface area contributed by atoms with Crippen molar-refractivity contribution in [2.24, 2.45) is 0 Å². The monoisotopic (exact) mass is 225 g/mol. The van der Waals surface area contributed by atoms with Crippen LogP contribution in [0.2, 0.25) is 5.15 Å². The fraction of sp³-hybridized carbons (Fsp3) is 0. The molecule has 0 saturated heterocycles. The van der Waals surface area contributed by atoms with Crippen LogP contribution in [-0.4, -0.2) is 4.98 Å². The standard InChI is InChI=1S/C11H6ClF2N/c12-11-5-7(3-4-15-11)9-6-8(13)1-2-10(9)14/h1-6H. The molecule has 0 N–H and O–H groups in total. The highest BCUT2D eigenvalue weighted by Crippen LogP contribution is 2.24. The minimum absolute atomic E-state index is 0.180. The van der Waals surface area contributed by atoms with Gasteiger partial charge in [-0.2, -0.15) is 0 Å². The summed E-state index contributed by atoms with van der Waals surface area (Å²) in [5.74, 6) is -0.974. The number of halogens is 3. The van der Waals surface area contributed by atoms with Crippen molar-refractivity contribution in [1.82, 2.24) is 4.98 Å². The maximum Gasteiger partial charge on any atom is 0.131 e. The van der Waals surface area contributed by atoms with Gasteiger partial charge in [-0.3, -0.25) is 0 Å². The highest BCUT2D eigenvalue weighted by Gasteiger charge is 2.06. The first kappa shape index (κ1) is 10.1. The zero-order valence-electron chi connectivity index (χ0n) is 7.55. The molecule has 0 fully saturated rings. The van der Waals surface area contributed by atoms with E-state index in [2.05, 4.69) is 4.98 Å². The molecule has 1 aromatic heterocycles. The predicted molar refractivity (Wildman–Crippen MR) is 54.6 cm³/mol. The van der Waals surface area contributed by atoms with E-state index in [1.807, 2.05) is 0 Å². The highest BCUT2D eigenvalue weighted by atomic mass is 35.5. The van der Waals surface area contributed by atoms with Gasteiger partial charge in [0, 0.05) is 11.8 Å². The Morgan fingerprint density at radius 2 is 1.87 bits per heavy atom. The van der Waals surface area contributed by atoms with E-state index in [1.54, 1.807) is 6.07 Å². The molecule has 4 heteroatoms. The quantitative estimate of drug-likeness (QED) is 0.675. The number of aromatic nitrogens is 1. The molecule has 0 bridgehead atoms. The molecule has 2 rings (SSSR count). The molecule has 15 heavy (non-hydrogen) atoms. The molecule has 0 saturated carbocycles. The van der Waals surface area contributed by atoms with Gasteiger partial charge in [0.2, 0.25) is 0 Å². The second-order valence-electron chi connectivity index (χ2n) is 2.99. The predicted octanol–water partition coefficient (Wildman–Crippen LogP) is 3.68. The Bertz CT molecular complexity index is 500. The van der Waals surface area contributed by atoms with Crippen LogP contribution in [0.25, 0.3) is 11.1 Å². The summed E-state index contributed by atoms with van der Waals surface area (Å²) in [7, 11) is 0. The molecular formula is C11H6ClF2N. The Balaban J connectivity index is 2.58. The normalized spacial score (nSPS) is 10.3. The van der Waals surface area contributed by atoms with Crippen molar-refractivity contribution in [3.63, 3.8) is 0 Å². The van der Waals surface area contributed by atoms with Gasteiger partial charge in [0.25, 0.3) is 0 Å². The molecule has 2 aromatic rings. The van der Waals surface area contributed by atoms with Gasteiger partial charge in [-0.25, -0.2) is 13.8 Å². The minimum atomic E-state index is -0.487. The van der Waals surface area contributed by atoms with Crippen molar-refractivity contribution in [3.8, 4) is 11.1 Å². The second-order valence-corrected chi connectivity index (χ2v) is 3.38. The Hall–Kier alpha value is -1.48. The maximum absolute atomic E-state index is 13.4. The SMILES string of the molecule is Fc1ccc(F)c(-c2ccnc(Cl)c2)c1. The number of nitrogens with zero attached hydrogens (tertiary/aromatic N) is 1. The van der Waals surface area contributed by atoms with Crippen LogP contribution in [0.5, 0.6) is 0 Å². The molecular weight excluding hydrogens is 220 g/mol. The lowest BCUT2D eigenvalue weighted by Gasteiger charge is -2.03. The molecule has 0 atom stereocenters. The lowest BCUT2D eigenvalue weighted by molar-refractivity contribution is 0.603. The first-order valence-corrected chi connectivity index (χ1v) is 4.61. The van der Waals surface area contributed by atoms with Crippen molar-refractivity contribution in [1.29, 1.82) is 0 Å². The zero-order chi connectivity index (χ0) is 10.8. The molecule has 0 unspecified atom stereocenters. The average Bonchev–Trinajstić information content (AvgIpc) is 2.22. The fourth-order valence-electron chi connectivity index (χ4n) is 1.29. The molecule has 0 aliphatic rings. The molecule has 0 amide bonds.